The molecule has 0 saturated heterocycles. The second kappa shape index (κ2) is 5.31. The number of carbonyl (C=O) groups is 1. The van der Waals surface area contributed by atoms with Crippen LogP contribution in [0, 0.1) is 6.92 Å². The molecule has 0 amide bonds. The minimum Gasteiger partial charge on any atom is -0.487 e. The number of aromatic nitrogens is 1. The van der Waals surface area contributed by atoms with Gasteiger partial charge in [-0.1, -0.05) is 29.8 Å². The van der Waals surface area contributed by atoms with Crippen LogP contribution >= 0.6 is 0 Å². The van der Waals surface area contributed by atoms with E-state index in [9.17, 15) is 4.79 Å². The molecule has 4 heteroatoms. The van der Waals surface area contributed by atoms with Crippen LogP contribution in [0.4, 0.5) is 0 Å². The molecule has 0 spiro atoms. The van der Waals surface area contributed by atoms with Crippen LogP contribution in [0.15, 0.2) is 42.6 Å². The van der Waals surface area contributed by atoms with Gasteiger partial charge in [-0.25, -0.2) is 9.78 Å². The monoisotopic (exact) mass is 243 g/mol. The van der Waals surface area contributed by atoms with E-state index in [1.165, 1.54) is 17.8 Å². The van der Waals surface area contributed by atoms with Gasteiger partial charge in [0.15, 0.2) is 0 Å². The van der Waals surface area contributed by atoms with E-state index in [-0.39, 0.29) is 5.69 Å². The van der Waals surface area contributed by atoms with Gasteiger partial charge in [-0.3, -0.25) is 0 Å². The first-order valence-electron chi connectivity index (χ1n) is 5.53. The van der Waals surface area contributed by atoms with E-state index in [4.69, 9.17) is 9.84 Å². The highest BCUT2D eigenvalue weighted by Gasteiger charge is 2.03. The predicted octanol–water partition coefficient (Wildman–Crippen LogP) is 2.67. The molecule has 0 unspecified atom stereocenters. The van der Waals surface area contributed by atoms with E-state index >= 15 is 0 Å². The van der Waals surface area contributed by atoms with Crippen LogP contribution in [0.1, 0.15) is 21.6 Å². The number of hydrogen-bond donors (Lipinski definition) is 1. The summed E-state index contributed by atoms with van der Waals surface area (Å²) in [5.74, 6) is -0.486. The lowest BCUT2D eigenvalue weighted by Crippen LogP contribution is -2.01. The van der Waals surface area contributed by atoms with E-state index < -0.39 is 5.97 Å². The largest absolute Gasteiger partial charge is 0.487 e. The Morgan fingerprint density at radius 3 is 2.50 bits per heavy atom. The first kappa shape index (κ1) is 12.1. The molecule has 2 rings (SSSR count). The zero-order valence-electron chi connectivity index (χ0n) is 9.96. The number of nitrogens with zero attached hydrogens (tertiary/aromatic N) is 1. The zero-order chi connectivity index (χ0) is 13.0. The minimum absolute atomic E-state index is 0.0117. The third kappa shape index (κ3) is 3.07. The minimum atomic E-state index is -1.04. The van der Waals surface area contributed by atoms with E-state index in [1.807, 2.05) is 31.2 Å². The van der Waals surface area contributed by atoms with Gasteiger partial charge in [0.25, 0.3) is 0 Å². The number of pyridine rings is 1. The lowest BCUT2D eigenvalue weighted by Gasteiger charge is -2.06. The van der Waals surface area contributed by atoms with Crippen molar-refractivity contribution in [1.82, 2.24) is 4.98 Å². The van der Waals surface area contributed by atoms with Gasteiger partial charge in [-0.15, -0.1) is 0 Å². The fourth-order valence-corrected chi connectivity index (χ4v) is 1.44. The lowest BCUT2D eigenvalue weighted by atomic mass is 10.2. The van der Waals surface area contributed by atoms with Gasteiger partial charge in [0.05, 0.1) is 6.20 Å². The average Bonchev–Trinajstić information content (AvgIpc) is 2.38. The number of aromatic carboxylic acids is 1. The van der Waals surface area contributed by atoms with Gasteiger partial charge in [0.1, 0.15) is 18.1 Å². The highest BCUT2D eigenvalue weighted by atomic mass is 16.5. The van der Waals surface area contributed by atoms with Gasteiger partial charge in [-0.2, -0.15) is 0 Å². The summed E-state index contributed by atoms with van der Waals surface area (Å²) in [5, 5.41) is 8.71. The molecule has 0 aliphatic heterocycles. The maximum atomic E-state index is 10.6. The van der Waals surface area contributed by atoms with Crippen LogP contribution in [0.5, 0.6) is 5.75 Å². The average molecular weight is 243 g/mol. The fraction of sp³-hybridized carbons (Fsp3) is 0.143. The van der Waals surface area contributed by atoms with Crippen molar-refractivity contribution in [3.8, 4) is 5.75 Å². The molecule has 0 aliphatic carbocycles. The summed E-state index contributed by atoms with van der Waals surface area (Å²) in [6, 6.07) is 11.1. The first-order valence-corrected chi connectivity index (χ1v) is 5.53. The molecule has 1 aromatic carbocycles. The topological polar surface area (TPSA) is 59.4 Å². The van der Waals surface area contributed by atoms with Crippen molar-refractivity contribution in [3.05, 3.63) is 59.4 Å². The number of aryl methyl sites for hydroxylation is 1. The molecule has 0 saturated carbocycles. The van der Waals surface area contributed by atoms with E-state index in [2.05, 4.69) is 4.98 Å². The number of hydrogen-bond acceptors (Lipinski definition) is 3. The summed E-state index contributed by atoms with van der Waals surface area (Å²) in [4.78, 5) is 14.4. The van der Waals surface area contributed by atoms with E-state index in [0.29, 0.717) is 12.4 Å². The molecule has 0 bridgehead atoms. The standard InChI is InChI=1S/C14H13NO3/c1-10-2-4-11(5-3-10)9-18-12-6-7-13(14(16)17)15-8-12/h2-8H,9H2,1H3,(H,16,17). The van der Waals surface area contributed by atoms with Crippen molar-refractivity contribution >= 4 is 5.97 Å². The third-order valence-corrected chi connectivity index (χ3v) is 2.48. The normalized spacial score (nSPS) is 10.1. The molecule has 2 aromatic rings. The van der Waals surface area contributed by atoms with Crippen LogP contribution in [-0.2, 0) is 6.61 Å². The first-order chi connectivity index (χ1) is 8.65. The van der Waals surface area contributed by atoms with Crippen LogP contribution in [0.25, 0.3) is 0 Å². The molecule has 0 fully saturated rings. The molecule has 4 nitrogen and oxygen atoms in total. The Balaban J connectivity index is 1.97. The Labute approximate surface area is 105 Å². The van der Waals surface area contributed by atoms with Crippen LogP contribution < -0.4 is 4.74 Å². The van der Waals surface area contributed by atoms with Crippen LogP contribution in [-0.4, -0.2) is 16.1 Å². The molecule has 1 heterocycles. The Kier molecular flexibility index (Phi) is 3.57. The molecular weight excluding hydrogens is 230 g/mol. The zero-order valence-corrected chi connectivity index (χ0v) is 9.96. The molecule has 0 radical (unpaired) electrons. The van der Waals surface area contributed by atoms with Crippen molar-refractivity contribution < 1.29 is 14.6 Å². The highest BCUT2D eigenvalue weighted by molar-refractivity contribution is 5.85. The second-order valence-corrected chi connectivity index (χ2v) is 3.96. The summed E-state index contributed by atoms with van der Waals surface area (Å²) >= 11 is 0. The van der Waals surface area contributed by atoms with Gasteiger partial charge < -0.3 is 9.84 Å². The predicted molar refractivity (Wildman–Crippen MR) is 66.7 cm³/mol. The number of carboxylic acid groups (broad SMARTS) is 1. The number of carboxylic acids is 1. The van der Waals surface area contributed by atoms with Crippen molar-refractivity contribution in [1.29, 1.82) is 0 Å². The van der Waals surface area contributed by atoms with Crippen molar-refractivity contribution in [2.24, 2.45) is 0 Å². The van der Waals surface area contributed by atoms with Gasteiger partial charge in [-0.05, 0) is 24.6 Å². The maximum Gasteiger partial charge on any atom is 0.354 e. The van der Waals surface area contributed by atoms with Gasteiger partial charge >= 0.3 is 5.97 Å². The third-order valence-electron chi connectivity index (χ3n) is 2.48. The molecule has 92 valence electrons. The van der Waals surface area contributed by atoms with E-state index in [0.717, 1.165) is 5.56 Å². The number of benzene rings is 1. The van der Waals surface area contributed by atoms with Crippen LogP contribution in [0.3, 0.4) is 0 Å². The Bertz CT molecular complexity index is 532. The molecule has 1 aromatic heterocycles. The summed E-state index contributed by atoms with van der Waals surface area (Å²) < 4.78 is 5.51. The lowest BCUT2D eigenvalue weighted by molar-refractivity contribution is 0.0690. The molecule has 0 atom stereocenters. The molecule has 0 aliphatic rings. The van der Waals surface area contributed by atoms with Crippen molar-refractivity contribution in [2.75, 3.05) is 0 Å². The quantitative estimate of drug-likeness (QED) is 0.896. The Morgan fingerprint density at radius 2 is 1.94 bits per heavy atom. The van der Waals surface area contributed by atoms with Crippen molar-refractivity contribution in [2.45, 2.75) is 13.5 Å². The number of rotatable bonds is 4. The summed E-state index contributed by atoms with van der Waals surface area (Å²) in [6.07, 6.45) is 1.41. The summed E-state index contributed by atoms with van der Waals surface area (Å²) in [6.45, 7) is 2.47. The fourth-order valence-electron chi connectivity index (χ4n) is 1.44. The van der Waals surface area contributed by atoms with E-state index in [1.54, 1.807) is 6.07 Å². The van der Waals surface area contributed by atoms with Gasteiger partial charge in [0, 0.05) is 0 Å². The second-order valence-electron chi connectivity index (χ2n) is 3.96. The smallest absolute Gasteiger partial charge is 0.354 e. The highest BCUT2D eigenvalue weighted by Crippen LogP contribution is 2.12. The SMILES string of the molecule is Cc1ccc(COc2ccc(C(=O)O)nc2)cc1. The summed E-state index contributed by atoms with van der Waals surface area (Å²) in [5.41, 5.74) is 2.27. The molecule has 1 N–H and O–H groups in total. The Morgan fingerprint density at radius 1 is 1.22 bits per heavy atom. The van der Waals surface area contributed by atoms with Crippen molar-refractivity contribution in [3.63, 3.8) is 0 Å². The van der Waals surface area contributed by atoms with Gasteiger partial charge in [0.2, 0.25) is 0 Å². The Hall–Kier alpha value is -2.36. The maximum absolute atomic E-state index is 10.6. The summed E-state index contributed by atoms with van der Waals surface area (Å²) in [7, 11) is 0. The number of ether oxygens (including phenoxy) is 1. The van der Waals surface area contributed by atoms with Crippen LogP contribution in [0.2, 0.25) is 0 Å². The molecular formula is C14H13NO3. The molecule has 18 heavy (non-hydrogen) atoms.